The monoisotopic (exact) mass is 350 g/mol. The second-order valence-corrected chi connectivity index (χ2v) is 8.54. The van der Waals surface area contributed by atoms with E-state index in [-0.39, 0.29) is 30.5 Å². The summed E-state index contributed by atoms with van der Waals surface area (Å²) in [6, 6.07) is 0. The lowest BCUT2D eigenvalue weighted by Crippen LogP contribution is -2.57. The van der Waals surface area contributed by atoms with Crippen molar-refractivity contribution >= 4 is 5.97 Å². The van der Waals surface area contributed by atoms with Crippen LogP contribution in [0.5, 0.6) is 0 Å². The highest BCUT2D eigenvalue weighted by Gasteiger charge is 2.57. The van der Waals surface area contributed by atoms with E-state index in [0.717, 1.165) is 24.8 Å². The number of carbonyl (C=O) groups excluding carboxylic acids is 1. The van der Waals surface area contributed by atoms with Crippen LogP contribution in [-0.2, 0) is 9.53 Å². The van der Waals surface area contributed by atoms with Gasteiger partial charge in [0.05, 0.1) is 18.3 Å². The first-order chi connectivity index (χ1) is 11.7. The smallest absolute Gasteiger partial charge is 0.336 e. The van der Waals surface area contributed by atoms with E-state index in [4.69, 9.17) is 4.74 Å². The summed E-state index contributed by atoms with van der Waals surface area (Å²) >= 11 is 0. The molecule has 3 N–H and O–H groups in total. The number of fused-ring (bicyclic) bond motifs is 1. The van der Waals surface area contributed by atoms with Crippen molar-refractivity contribution in [3.63, 3.8) is 0 Å². The topological polar surface area (TPSA) is 87.0 Å². The van der Waals surface area contributed by atoms with Crippen LogP contribution >= 0.6 is 0 Å². The minimum atomic E-state index is -0.844. The molecule has 0 aromatic rings. The minimum absolute atomic E-state index is 0.0280. The third-order valence-electron chi connectivity index (χ3n) is 7.23. The van der Waals surface area contributed by atoms with Gasteiger partial charge in [0.15, 0.2) is 0 Å². The number of rotatable bonds is 3. The number of cyclic esters (lactones) is 1. The number of aliphatic hydroxyl groups is 3. The predicted octanol–water partition coefficient (Wildman–Crippen LogP) is 1.96. The van der Waals surface area contributed by atoms with Gasteiger partial charge in [-0.05, 0) is 49.4 Å². The summed E-state index contributed by atoms with van der Waals surface area (Å²) in [6.45, 7) is 8.50. The number of carbonyl (C=O) groups is 1. The molecule has 0 aromatic carbocycles. The maximum absolute atomic E-state index is 11.8. The van der Waals surface area contributed by atoms with E-state index in [2.05, 4.69) is 13.5 Å². The fourth-order valence-electron chi connectivity index (χ4n) is 5.56. The Hall–Kier alpha value is -1.17. The Balaban J connectivity index is 1.89. The molecule has 3 rings (SSSR count). The van der Waals surface area contributed by atoms with Gasteiger partial charge in [0, 0.05) is 5.41 Å². The average Bonchev–Trinajstić information content (AvgIpc) is 2.89. The van der Waals surface area contributed by atoms with Crippen molar-refractivity contribution in [2.75, 3.05) is 13.2 Å². The van der Waals surface area contributed by atoms with E-state index in [1.165, 1.54) is 0 Å². The fraction of sp³-hybridized carbons (Fsp3) is 0.750. The summed E-state index contributed by atoms with van der Waals surface area (Å²) in [5, 5.41) is 30.4. The van der Waals surface area contributed by atoms with Crippen molar-refractivity contribution in [1.82, 2.24) is 0 Å². The van der Waals surface area contributed by atoms with Gasteiger partial charge >= 0.3 is 5.97 Å². The molecule has 0 radical (unpaired) electrons. The Morgan fingerprint density at radius 2 is 2.04 bits per heavy atom. The van der Waals surface area contributed by atoms with Crippen LogP contribution in [0.4, 0.5) is 0 Å². The highest BCUT2D eigenvalue weighted by Crippen LogP contribution is 2.61. The maximum atomic E-state index is 11.8. The van der Waals surface area contributed by atoms with Gasteiger partial charge in [-0.25, -0.2) is 4.79 Å². The molecule has 0 amide bonds. The molecule has 1 heterocycles. The highest BCUT2D eigenvalue weighted by molar-refractivity contribution is 5.91. The standard InChI is InChI=1S/C20H30O5/c1-12-4-7-16-19(2,9-8-17(23)20(16,3)11-21)14(12)6-5-13-15(22)10-25-18(13)24/h5,14-17,21-23H,1,4,6-11H2,2-3H3/b13-5-/t14-,15-,16?,17-,19+,20+/m1/s1. The van der Waals surface area contributed by atoms with Crippen LogP contribution in [0.25, 0.3) is 0 Å². The first-order valence-electron chi connectivity index (χ1n) is 9.26. The molecule has 0 spiro atoms. The molecule has 2 saturated carbocycles. The lowest BCUT2D eigenvalue weighted by molar-refractivity contribution is -0.151. The number of esters is 1. The molecular weight excluding hydrogens is 320 g/mol. The third kappa shape index (κ3) is 2.86. The normalized spacial score (nSPS) is 46.2. The van der Waals surface area contributed by atoms with Crippen molar-refractivity contribution in [3.05, 3.63) is 23.8 Å². The van der Waals surface area contributed by atoms with E-state index in [0.29, 0.717) is 18.4 Å². The zero-order valence-corrected chi connectivity index (χ0v) is 15.2. The zero-order chi connectivity index (χ0) is 18.4. The molecule has 3 fully saturated rings. The molecule has 1 unspecified atom stereocenters. The largest absolute Gasteiger partial charge is 0.459 e. The molecular formula is C20H30O5. The van der Waals surface area contributed by atoms with Gasteiger partial charge in [-0.15, -0.1) is 0 Å². The predicted molar refractivity (Wildman–Crippen MR) is 93.6 cm³/mol. The quantitative estimate of drug-likeness (QED) is 0.411. The van der Waals surface area contributed by atoms with Crippen LogP contribution in [0, 0.1) is 22.7 Å². The lowest BCUT2D eigenvalue weighted by Gasteiger charge is -2.59. The summed E-state index contributed by atoms with van der Waals surface area (Å²) in [4.78, 5) is 11.8. The molecule has 140 valence electrons. The Labute approximate surface area is 149 Å². The van der Waals surface area contributed by atoms with Gasteiger partial charge in [-0.2, -0.15) is 0 Å². The van der Waals surface area contributed by atoms with Gasteiger partial charge < -0.3 is 20.1 Å². The van der Waals surface area contributed by atoms with E-state index in [1.807, 2.05) is 13.0 Å². The summed E-state index contributed by atoms with van der Waals surface area (Å²) in [5.41, 5.74) is 0.911. The SMILES string of the molecule is C=C1CCC2[C@](C)(CO)[C@H](O)CC[C@@]2(C)[C@@H]1C/C=C1\C(=O)OC[C@H]1O. The Kier molecular flexibility index (Phi) is 4.86. The van der Waals surface area contributed by atoms with Gasteiger partial charge in [-0.3, -0.25) is 0 Å². The average molecular weight is 350 g/mol. The van der Waals surface area contributed by atoms with Gasteiger partial charge in [-0.1, -0.05) is 32.1 Å². The van der Waals surface area contributed by atoms with Crippen molar-refractivity contribution < 1.29 is 24.9 Å². The molecule has 0 aromatic heterocycles. The molecule has 2 aliphatic carbocycles. The first-order valence-corrected chi connectivity index (χ1v) is 9.26. The number of hydrogen-bond acceptors (Lipinski definition) is 5. The van der Waals surface area contributed by atoms with E-state index >= 15 is 0 Å². The Bertz CT molecular complexity index is 597. The number of hydrogen-bond donors (Lipinski definition) is 3. The van der Waals surface area contributed by atoms with Gasteiger partial charge in [0.25, 0.3) is 0 Å². The molecule has 0 bridgehead atoms. The lowest BCUT2D eigenvalue weighted by atomic mass is 9.46. The van der Waals surface area contributed by atoms with Crippen LogP contribution in [0.1, 0.15) is 46.0 Å². The zero-order valence-electron chi connectivity index (χ0n) is 15.2. The van der Waals surface area contributed by atoms with Gasteiger partial charge in [0.1, 0.15) is 12.7 Å². The summed E-state index contributed by atoms with van der Waals surface area (Å²) in [5.74, 6) is -0.0734. The first kappa shape index (κ1) is 18.6. The second-order valence-electron chi connectivity index (χ2n) is 8.54. The van der Waals surface area contributed by atoms with Crippen LogP contribution in [0.15, 0.2) is 23.8 Å². The van der Waals surface area contributed by atoms with Crippen LogP contribution in [0.2, 0.25) is 0 Å². The Morgan fingerprint density at radius 1 is 1.32 bits per heavy atom. The molecule has 1 aliphatic heterocycles. The molecule has 3 aliphatic rings. The van der Waals surface area contributed by atoms with Crippen molar-refractivity contribution in [1.29, 1.82) is 0 Å². The summed E-state index contributed by atoms with van der Waals surface area (Å²) in [6.07, 6.45) is 4.42. The molecule has 5 heteroatoms. The molecule has 6 atom stereocenters. The van der Waals surface area contributed by atoms with Crippen molar-refractivity contribution in [3.8, 4) is 0 Å². The number of allylic oxidation sites excluding steroid dienone is 2. The second kappa shape index (κ2) is 6.53. The van der Waals surface area contributed by atoms with Crippen molar-refractivity contribution in [2.45, 2.75) is 58.2 Å². The molecule has 25 heavy (non-hydrogen) atoms. The van der Waals surface area contributed by atoms with E-state index in [9.17, 15) is 20.1 Å². The van der Waals surface area contributed by atoms with Crippen LogP contribution in [-0.4, -0.2) is 46.7 Å². The summed E-state index contributed by atoms with van der Waals surface area (Å²) in [7, 11) is 0. The van der Waals surface area contributed by atoms with Crippen LogP contribution in [0.3, 0.4) is 0 Å². The van der Waals surface area contributed by atoms with Gasteiger partial charge in [0.2, 0.25) is 0 Å². The van der Waals surface area contributed by atoms with Crippen LogP contribution < -0.4 is 0 Å². The highest BCUT2D eigenvalue weighted by atomic mass is 16.6. The Morgan fingerprint density at radius 3 is 2.64 bits per heavy atom. The molecule has 1 saturated heterocycles. The van der Waals surface area contributed by atoms with E-state index in [1.54, 1.807) is 0 Å². The molecule has 5 nitrogen and oxygen atoms in total. The fourth-order valence-corrected chi connectivity index (χ4v) is 5.56. The minimum Gasteiger partial charge on any atom is -0.459 e. The summed E-state index contributed by atoms with van der Waals surface area (Å²) < 4.78 is 4.90. The number of aliphatic hydroxyl groups excluding tert-OH is 3. The number of ether oxygens (including phenoxy) is 1. The van der Waals surface area contributed by atoms with E-state index < -0.39 is 23.6 Å². The van der Waals surface area contributed by atoms with Crippen molar-refractivity contribution in [2.24, 2.45) is 22.7 Å². The third-order valence-corrected chi connectivity index (χ3v) is 7.23. The maximum Gasteiger partial charge on any atom is 0.336 e.